The van der Waals surface area contributed by atoms with E-state index in [1.54, 1.807) is 0 Å². The second-order valence-corrected chi connectivity index (χ2v) is 4.81. The van der Waals surface area contributed by atoms with Crippen LogP contribution in [0.1, 0.15) is 44.6 Å². The molecule has 0 aliphatic carbocycles. The van der Waals surface area contributed by atoms with Crippen LogP contribution >= 0.6 is 0 Å². The minimum Gasteiger partial charge on any atom is -0.494 e. The first kappa shape index (κ1) is 16.0. The molecule has 0 saturated heterocycles. The highest BCUT2D eigenvalue weighted by molar-refractivity contribution is 5.27. The summed E-state index contributed by atoms with van der Waals surface area (Å²) < 4.78 is 5.70. The van der Waals surface area contributed by atoms with Crippen molar-refractivity contribution in [3.8, 4) is 5.75 Å². The highest BCUT2D eigenvalue weighted by Gasteiger charge is 1.96. The summed E-state index contributed by atoms with van der Waals surface area (Å²) in [6, 6.07) is 8.24. The SMILES string of the molecule is CCCCCCOc1ccc(CNCCCO)cc1. The van der Waals surface area contributed by atoms with Crippen LogP contribution in [0.4, 0.5) is 0 Å². The second-order valence-electron chi connectivity index (χ2n) is 4.81. The molecule has 0 aliphatic rings. The minimum absolute atomic E-state index is 0.248. The molecule has 108 valence electrons. The van der Waals surface area contributed by atoms with Crippen molar-refractivity contribution in [3.05, 3.63) is 29.8 Å². The summed E-state index contributed by atoms with van der Waals surface area (Å²) in [5, 5.41) is 12.0. The van der Waals surface area contributed by atoms with Crippen LogP contribution in [0.2, 0.25) is 0 Å². The zero-order valence-corrected chi connectivity index (χ0v) is 12.0. The zero-order chi connectivity index (χ0) is 13.8. The van der Waals surface area contributed by atoms with Gasteiger partial charge in [-0.1, -0.05) is 38.3 Å². The molecule has 0 atom stereocenters. The number of ether oxygens (including phenoxy) is 1. The average Bonchev–Trinajstić information content (AvgIpc) is 2.45. The lowest BCUT2D eigenvalue weighted by molar-refractivity contribution is 0.286. The van der Waals surface area contributed by atoms with E-state index >= 15 is 0 Å². The maximum absolute atomic E-state index is 8.68. The second kappa shape index (κ2) is 10.8. The Hall–Kier alpha value is -1.06. The Balaban J connectivity index is 2.16. The molecule has 1 aromatic rings. The van der Waals surface area contributed by atoms with E-state index in [0.29, 0.717) is 0 Å². The molecule has 0 spiro atoms. The van der Waals surface area contributed by atoms with Gasteiger partial charge >= 0.3 is 0 Å². The van der Waals surface area contributed by atoms with Gasteiger partial charge in [-0.05, 0) is 37.1 Å². The summed E-state index contributed by atoms with van der Waals surface area (Å²) in [6.07, 6.45) is 5.75. The normalized spacial score (nSPS) is 10.6. The molecule has 0 fully saturated rings. The first-order valence-electron chi connectivity index (χ1n) is 7.40. The van der Waals surface area contributed by atoms with Crippen LogP contribution in [-0.4, -0.2) is 24.9 Å². The third-order valence-corrected chi connectivity index (χ3v) is 3.03. The van der Waals surface area contributed by atoms with Gasteiger partial charge in [-0.3, -0.25) is 0 Å². The van der Waals surface area contributed by atoms with Crippen molar-refractivity contribution in [2.24, 2.45) is 0 Å². The smallest absolute Gasteiger partial charge is 0.119 e. The van der Waals surface area contributed by atoms with Crippen molar-refractivity contribution < 1.29 is 9.84 Å². The Morgan fingerprint density at radius 1 is 1.05 bits per heavy atom. The van der Waals surface area contributed by atoms with Gasteiger partial charge in [0.05, 0.1) is 6.61 Å². The van der Waals surface area contributed by atoms with Crippen LogP contribution in [0.25, 0.3) is 0 Å². The molecule has 0 aromatic heterocycles. The molecule has 2 N–H and O–H groups in total. The number of unbranched alkanes of at least 4 members (excludes halogenated alkanes) is 3. The van der Waals surface area contributed by atoms with Crippen molar-refractivity contribution in [1.29, 1.82) is 0 Å². The van der Waals surface area contributed by atoms with E-state index in [4.69, 9.17) is 9.84 Å². The zero-order valence-electron chi connectivity index (χ0n) is 12.0. The maximum Gasteiger partial charge on any atom is 0.119 e. The van der Waals surface area contributed by atoms with Crippen LogP contribution in [-0.2, 0) is 6.54 Å². The van der Waals surface area contributed by atoms with Crippen LogP contribution in [0.5, 0.6) is 5.75 Å². The highest BCUT2D eigenvalue weighted by Crippen LogP contribution is 2.13. The topological polar surface area (TPSA) is 41.5 Å². The average molecular weight is 265 g/mol. The predicted molar refractivity (Wildman–Crippen MR) is 79.5 cm³/mol. The van der Waals surface area contributed by atoms with Gasteiger partial charge in [-0.15, -0.1) is 0 Å². The van der Waals surface area contributed by atoms with Gasteiger partial charge in [0.1, 0.15) is 5.75 Å². The fourth-order valence-corrected chi connectivity index (χ4v) is 1.86. The van der Waals surface area contributed by atoms with Gasteiger partial charge in [0.2, 0.25) is 0 Å². The number of nitrogens with one attached hydrogen (secondary N) is 1. The van der Waals surface area contributed by atoms with Crippen molar-refractivity contribution in [2.45, 2.75) is 45.6 Å². The molecule has 3 heteroatoms. The van der Waals surface area contributed by atoms with Gasteiger partial charge in [0, 0.05) is 13.2 Å². The van der Waals surface area contributed by atoms with E-state index in [9.17, 15) is 0 Å². The van der Waals surface area contributed by atoms with Crippen LogP contribution in [0.3, 0.4) is 0 Å². The van der Waals surface area contributed by atoms with Crippen LogP contribution in [0, 0.1) is 0 Å². The monoisotopic (exact) mass is 265 g/mol. The third-order valence-electron chi connectivity index (χ3n) is 3.03. The predicted octanol–water partition coefficient (Wildman–Crippen LogP) is 3.12. The molecule has 0 bridgehead atoms. The van der Waals surface area contributed by atoms with E-state index in [2.05, 4.69) is 24.4 Å². The van der Waals surface area contributed by atoms with Gasteiger partial charge in [0.15, 0.2) is 0 Å². The fraction of sp³-hybridized carbons (Fsp3) is 0.625. The summed E-state index contributed by atoms with van der Waals surface area (Å²) in [7, 11) is 0. The van der Waals surface area contributed by atoms with E-state index < -0.39 is 0 Å². The number of hydrogen-bond donors (Lipinski definition) is 2. The number of benzene rings is 1. The van der Waals surface area contributed by atoms with E-state index in [1.807, 2.05) is 12.1 Å². The molecule has 0 saturated carbocycles. The Kier molecular flexibility index (Phi) is 9.11. The lowest BCUT2D eigenvalue weighted by Crippen LogP contribution is -2.15. The Labute approximate surface area is 117 Å². The lowest BCUT2D eigenvalue weighted by Gasteiger charge is -2.08. The minimum atomic E-state index is 0.248. The first-order chi connectivity index (χ1) is 9.36. The Morgan fingerprint density at radius 2 is 1.84 bits per heavy atom. The van der Waals surface area contributed by atoms with Crippen molar-refractivity contribution in [2.75, 3.05) is 19.8 Å². The van der Waals surface area contributed by atoms with Crippen LogP contribution < -0.4 is 10.1 Å². The summed E-state index contributed by atoms with van der Waals surface area (Å²) >= 11 is 0. The summed E-state index contributed by atoms with van der Waals surface area (Å²) in [5.74, 6) is 0.954. The summed E-state index contributed by atoms with van der Waals surface area (Å²) in [6.45, 7) is 4.98. The van der Waals surface area contributed by atoms with Gasteiger partial charge in [0.25, 0.3) is 0 Å². The molecule has 19 heavy (non-hydrogen) atoms. The molecule has 0 aliphatic heterocycles. The maximum atomic E-state index is 8.68. The Bertz CT molecular complexity index is 311. The molecule has 0 amide bonds. The van der Waals surface area contributed by atoms with Crippen molar-refractivity contribution in [3.63, 3.8) is 0 Å². The van der Waals surface area contributed by atoms with Gasteiger partial charge in [-0.25, -0.2) is 0 Å². The first-order valence-corrected chi connectivity index (χ1v) is 7.40. The van der Waals surface area contributed by atoms with Crippen LogP contribution in [0.15, 0.2) is 24.3 Å². The van der Waals surface area contributed by atoms with Gasteiger partial charge in [-0.2, -0.15) is 0 Å². The Morgan fingerprint density at radius 3 is 2.53 bits per heavy atom. The number of hydrogen-bond acceptors (Lipinski definition) is 3. The van der Waals surface area contributed by atoms with Crippen molar-refractivity contribution >= 4 is 0 Å². The van der Waals surface area contributed by atoms with E-state index in [1.165, 1.54) is 24.8 Å². The van der Waals surface area contributed by atoms with Gasteiger partial charge < -0.3 is 15.2 Å². The molecule has 1 rings (SSSR count). The molecule has 0 unspecified atom stereocenters. The molecular weight excluding hydrogens is 238 g/mol. The molecule has 0 heterocycles. The summed E-state index contributed by atoms with van der Waals surface area (Å²) in [5.41, 5.74) is 1.25. The van der Waals surface area contributed by atoms with E-state index in [-0.39, 0.29) is 6.61 Å². The number of aliphatic hydroxyl groups excluding tert-OH is 1. The fourth-order valence-electron chi connectivity index (χ4n) is 1.86. The summed E-state index contributed by atoms with van der Waals surface area (Å²) in [4.78, 5) is 0. The molecule has 1 aromatic carbocycles. The molecule has 0 radical (unpaired) electrons. The third kappa shape index (κ3) is 7.85. The number of rotatable bonds is 11. The number of aliphatic hydroxyl groups is 1. The molecule has 3 nitrogen and oxygen atoms in total. The van der Waals surface area contributed by atoms with E-state index in [0.717, 1.165) is 38.3 Å². The largest absolute Gasteiger partial charge is 0.494 e. The lowest BCUT2D eigenvalue weighted by atomic mass is 10.2. The van der Waals surface area contributed by atoms with Crippen molar-refractivity contribution in [1.82, 2.24) is 5.32 Å². The quantitative estimate of drug-likeness (QED) is 0.604. The highest BCUT2D eigenvalue weighted by atomic mass is 16.5. The standard InChI is InChI=1S/C16H27NO2/c1-2-3-4-5-13-19-16-9-7-15(8-10-16)14-17-11-6-12-18/h7-10,17-18H,2-6,11-14H2,1H3. The molecular formula is C16H27NO2.